The number of thioether (sulfide) groups is 1. The van der Waals surface area contributed by atoms with E-state index in [1.807, 2.05) is 37.3 Å². The molecular weight excluding hydrogens is 398 g/mol. The fraction of sp³-hybridized carbons (Fsp3) is 0.455. The van der Waals surface area contributed by atoms with E-state index in [1.165, 1.54) is 32.1 Å². The Labute approximate surface area is 180 Å². The molecule has 1 fully saturated rings. The lowest BCUT2D eigenvalue weighted by Crippen LogP contribution is -2.12. The van der Waals surface area contributed by atoms with Crippen molar-refractivity contribution in [2.45, 2.75) is 61.9 Å². The van der Waals surface area contributed by atoms with Crippen molar-refractivity contribution < 1.29 is 9.15 Å². The van der Waals surface area contributed by atoms with Crippen LogP contribution in [0.25, 0.3) is 11.5 Å². The average molecular weight is 426 g/mol. The van der Waals surface area contributed by atoms with E-state index < -0.39 is 0 Å². The molecule has 0 bridgehead atoms. The van der Waals surface area contributed by atoms with Crippen LogP contribution < -0.4 is 4.74 Å². The summed E-state index contributed by atoms with van der Waals surface area (Å²) in [5.74, 6) is 3.42. The average Bonchev–Trinajstić information content (AvgIpc) is 3.43. The summed E-state index contributed by atoms with van der Waals surface area (Å²) < 4.78 is 13.3. The second-order valence-corrected chi connectivity index (χ2v) is 8.82. The minimum absolute atomic E-state index is 0.0449. The van der Waals surface area contributed by atoms with Gasteiger partial charge in [-0.15, -0.1) is 27.0 Å². The Morgan fingerprint density at radius 1 is 1.17 bits per heavy atom. The molecule has 30 heavy (non-hydrogen) atoms. The van der Waals surface area contributed by atoms with Crippen molar-refractivity contribution in [3.8, 4) is 17.2 Å². The highest BCUT2D eigenvalue weighted by atomic mass is 32.2. The van der Waals surface area contributed by atoms with E-state index in [0.29, 0.717) is 24.2 Å². The molecule has 2 aromatic heterocycles. The van der Waals surface area contributed by atoms with Gasteiger partial charge in [-0.2, -0.15) is 0 Å². The standard InChI is InChI=1S/C22H27N5O2S/c1-4-14-27-19(16-8-6-5-7-9-16)23-26-22(27)30-15(2)20-24-25-21(29-20)17-10-12-18(28-3)13-11-17/h4,10-13,15-16H,1,5-9,14H2,2-3H3. The molecule has 1 unspecified atom stereocenters. The van der Waals surface area contributed by atoms with Crippen molar-refractivity contribution in [1.82, 2.24) is 25.0 Å². The third-order valence-electron chi connectivity index (χ3n) is 5.43. The molecule has 0 radical (unpaired) electrons. The van der Waals surface area contributed by atoms with Crippen LogP contribution in [-0.4, -0.2) is 32.1 Å². The maximum absolute atomic E-state index is 5.94. The molecule has 8 heteroatoms. The summed E-state index contributed by atoms with van der Waals surface area (Å²) in [7, 11) is 1.64. The number of hydrogen-bond donors (Lipinski definition) is 0. The maximum Gasteiger partial charge on any atom is 0.247 e. The number of ether oxygens (including phenoxy) is 1. The largest absolute Gasteiger partial charge is 0.497 e. The Bertz CT molecular complexity index is 976. The summed E-state index contributed by atoms with van der Waals surface area (Å²) in [5.41, 5.74) is 0.862. The highest BCUT2D eigenvalue weighted by molar-refractivity contribution is 7.99. The predicted molar refractivity (Wildman–Crippen MR) is 117 cm³/mol. The molecule has 0 aliphatic heterocycles. The number of hydrogen-bond acceptors (Lipinski definition) is 7. The van der Waals surface area contributed by atoms with Gasteiger partial charge in [0.1, 0.15) is 11.6 Å². The molecule has 0 N–H and O–H groups in total. The molecule has 1 aliphatic rings. The molecule has 158 valence electrons. The van der Waals surface area contributed by atoms with Crippen molar-refractivity contribution in [1.29, 1.82) is 0 Å². The topological polar surface area (TPSA) is 78.9 Å². The van der Waals surface area contributed by atoms with E-state index in [0.717, 1.165) is 22.3 Å². The lowest BCUT2D eigenvalue weighted by molar-refractivity contribution is 0.415. The lowest BCUT2D eigenvalue weighted by Gasteiger charge is -2.21. The van der Waals surface area contributed by atoms with Crippen LogP contribution in [0.5, 0.6) is 5.75 Å². The van der Waals surface area contributed by atoms with Crippen LogP contribution in [0, 0.1) is 0 Å². The van der Waals surface area contributed by atoms with Crippen molar-refractivity contribution in [3.05, 3.63) is 48.6 Å². The number of benzene rings is 1. The molecule has 1 saturated carbocycles. The van der Waals surface area contributed by atoms with E-state index in [-0.39, 0.29) is 5.25 Å². The first-order valence-electron chi connectivity index (χ1n) is 10.4. The van der Waals surface area contributed by atoms with Gasteiger partial charge in [0.05, 0.1) is 12.4 Å². The van der Waals surface area contributed by atoms with Gasteiger partial charge >= 0.3 is 0 Å². The first-order chi connectivity index (χ1) is 14.7. The summed E-state index contributed by atoms with van der Waals surface area (Å²) in [6.45, 7) is 6.66. The van der Waals surface area contributed by atoms with Gasteiger partial charge < -0.3 is 13.7 Å². The molecule has 0 saturated heterocycles. The Kier molecular flexibility index (Phi) is 6.52. The number of nitrogens with zero attached hydrogens (tertiary/aromatic N) is 5. The summed E-state index contributed by atoms with van der Waals surface area (Å²) in [4.78, 5) is 0. The molecular formula is C22H27N5O2S. The molecule has 3 aromatic rings. The van der Waals surface area contributed by atoms with Crippen molar-refractivity contribution in [2.24, 2.45) is 0 Å². The number of aromatic nitrogens is 5. The smallest absolute Gasteiger partial charge is 0.247 e. The van der Waals surface area contributed by atoms with Gasteiger partial charge in [-0.05, 0) is 44.0 Å². The lowest BCUT2D eigenvalue weighted by atomic mass is 9.89. The molecule has 1 aliphatic carbocycles. The molecule has 1 aromatic carbocycles. The van der Waals surface area contributed by atoms with Crippen molar-refractivity contribution >= 4 is 11.8 Å². The molecule has 0 amide bonds. The summed E-state index contributed by atoms with van der Waals surface area (Å²) >= 11 is 1.59. The monoisotopic (exact) mass is 425 g/mol. The molecule has 0 spiro atoms. The first kappa shape index (κ1) is 20.7. The van der Waals surface area contributed by atoms with E-state index in [9.17, 15) is 0 Å². The van der Waals surface area contributed by atoms with Crippen LogP contribution in [0.15, 0.2) is 46.5 Å². The van der Waals surface area contributed by atoms with Crippen LogP contribution >= 0.6 is 11.8 Å². The Morgan fingerprint density at radius 3 is 2.63 bits per heavy atom. The number of rotatable bonds is 8. The third kappa shape index (κ3) is 4.43. The van der Waals surface area contributed by atoms with Crippen LogP contribution in [0.4, 0.5) is 0 Å². The van der Waals surface area contributed by atoms with Crippen LogP contribution in [0.1, 0.15) is 61.9 Å². The van der Waals surface area contributed by atoms with Gasteiger partial charge in [0.25, 0.3) is 0 Å². The highest BCUT2D eigenvalue weighted by Gasteiger charge is 2.25. The zero-order valence-electron chi connectivity index (χ0n) is 17.5. The van der Waals surface area contributed by atoms with E-state index in [1.54, 1.807) is 18.9 Å². The number of methoxy groups -OCH3 is 1. The normalized spacial score (nSPS) is 15.8. The van der Waals surface area contributed by atoms with Gasteiger partial charge in [-0.3, -0.25) is 0 Å². The molecule has 7 nitrogen and oxygen atoms in total. The van der Waals surface area contributed by atoms with Gasteiger partial charge in [0.2, 0.25) is 11.8 Å². The zero-order valence-corrected chi connectivity index (χ0v) is 18.3. The fourth-order valence-corrected chi connectivity index (χ4v) is 4.70. The SMILES string of the molecule is C=CCn1c(SC(C)c2nnc(-c3ccc(OC)cc3)o2)nnc1C1CCCCC1. The van der Waals surface area contributed by atoms with Gasteiger partial charge in [-0.1, -0.05) is 37.1 Å². The Morgan fingerprint density at radius 2 is 1.93 bits per heavy atom. The van der Waals surface area contributed by atoms with Crippen LogP contribution in [-0.2, 0) is 6.54 Å². The Hall–Kier alpha value is -2.61. The van der Waals surface area contributed by atoms with Crippen LogP contribution in [0.3, 0.4) is 0 Å². The molecule has 4 rings (SSSR count). The van der Waals surface area contributed by atoms with Crippen molar-refractivity contribution in [2.75, 3.05) is 7.11 Å². The Balaban J connectivity index is 1.51. The maximum atomic E-state index is 5.94. The summed E-state index contributed by atoms with van der Waals surface area (Å²) in [6.07, 6.45) is 8.12. The van der Waals surface area contributed by atoms with Gasteiger partial charge in [0.15, 0.2) is 5.16 Å². The van der Waals surface area contributed by atoms with E-state index in [4.69, 9.17) is 9.15 Å². The quantitative estimate of drug-likeness (QED) is 0.352. The van der Waals surface area contributed by atoms with Crippen molar-refractivity contribution in [3.63, 3.8) is 0 Å². The van der Waals surface area contributed by atoms with E-state index >= 15 is 0 Å². The number of allylic oxidation sites excluding steroid dienone is 1. The van der Waals surface area contributed by atoms with Crippen LogP contribution in [0.2, 0.25) is 0 Å². The summed E-state index contributed by atoms with van der Waals surface area (Å²) in [5, 5.41) is 18.3. The van der Waals surface area contributed by atoms with E-state index in [2.05, 4.69) is 31.5 Å². The predicted octanol–water partition coefficient (Wildman–Crippen LogP) is 5.42. The second kappa shape index (κ2) is 9.47. The minimum atomic E-state index is -0.0449. The highest BCUT2D eigenvalue weighted by Crippen LogP contribution is 2.37. The summed E-state index contributed by atoms with van der Waals surface area (Å²) in [6, 6.07) is 7.57. The van der Waals surface area contributed by atoms with Gasteiger partial charge in [0, 0.05) is 18.0 Å². The van der Waals surface area contributed by atoms with Gasteiger partial charge in [-0.25, -0.2) is 0 Å². The second-order valence-electron chi connectivity index (χ2n) is 7.51. The zero-order chi connectivity index (χ0) is 20.9. The first-order valence-corrected chi connectivity index (χ1v) is 11.3. The molecule has 1 atom stereocenters. The third-order valence-corrected chi connectivity index (χ3v) is 6.50. The molecule has 2 heterocycles. The fourth-order valence-electron chi connectivity index (χ4n) is 3.81. The minimum Gasteiger partial charge on any atom is -0.497 e.